The summed E-state index contributed by atoms with van der Waals surface area (Å²) in [5.74, 6) is -0.00789. The van der Waals surface area contributed by atoms with Crippen LogP contribution in [0.2, 0.25) is 0 Å². The van der Waals surface area contributed by atoms with Gasteiger partial charge in [0.15, 0.2) is 0 Å². The molecule has 0 saturated carbocycles. The number of amides is 1. The van der Waals surface area contributed by atoms with Gasteiger partial charge in [0.1, 0.15) is 23.9 Å². The Morgan fingerprint density at radius 2 is 1.69 bits per heavy atom. The van der Waals surface area contributed by atoms with Crippen LogP contribution in [0.4, 0.5) is 15.8 Å². The number of rotatable bonds is 9. The molecule has 0 heterocycles. The van der Waals surface area contributed by atoms with Crippen molar-refractivity contribution >= 4 is 27.3 Å². The van der Waals surface area contributed by atoms with Crippen LogP contribution in [0, 0.1) is 5.82 Å². The molecular weight excluding hydrogens is 435 g/mol. The molecule has 32 heavy (non-hydrogen) atoms. The van der Waals surface area contributed by atoms with Crippen molar-refractivity contribution in [2.75, 3.05) is 29.9 Å². The number of ether oxygens (including phenoxy) is 2. The fourth-order valence-corrected chi connectivity index (χ4v) is 4.38. The van der Waals surface area contributed by atoms with Crippen molar-refractivity contribution in [3.63, 3.8) is 0 Å². The Hall–Kier alpha value is -3.59. The van der Waals surface area contributed by atoms with Gasteiger partial charge >= 0.3 is 0 Å². The number of methoxy groups -OCH3 is 1. The van der Waals surface area contributed by atoms with E-state index in [1.165, 1.54) is 7.11 Å². The number of nitrogens with one attached hydrogen (secondary N) is 1. The zero-order chi connectivity index (χ0) is 23.1. The largest absolute Gasteiger partial charge is 0.497 e. The quantitative estimate of drug-likeness (QED) is 0.523. The fraction of sp³-hybridized carbons (Fsp3) is 0.174. The first kappa shape index (κ1) is 23.1. The Balaban J connectivity index is 1.92. The Labute approximate surface area is 186 Å². The maximum absolute atomic E-state index is 13.3. The topological polar surface area (TPSA) is 84.9 Å². The van der Waals surface area contributed by atoms with Crippen molar-refractivity contribution in [1.82, 2.24) is 0 Å². The first-order valence-corrected chi connectivity index (χ1v) is 11.2. The minimum absolute atomic E-state index is 0.137. The maximum atomic E-state index is 13.3. The van der Waals surface area contributed by atoms with Crippen molar-refractivity contribution in [1.29, 1.82) is 0 Å². The molecule has 7 nitrogen and oxygen atoms in total. The molecule has 1 N–H and O–H groups in total. The van der Waals surface area contributed by atoms with E-state index in [4.69, 9.17) is 9.47 Å². The molecule has 3 rings (SSSR count). The standard InChI is InChI=1S/C23H23FN2O5S/c1-3-31-20-11-9-19(10-12-20)26(32(28,29)22-13-7-17(24)8-14-22)16-23(27)25-18-5-4-6-21(15-18)30-2/h4-15H,3,16H2,1-2H3,(H,25,27). The van der Waals surface area contributed by atoms with E-state index in [1.54, 1.807) is 48.5 Å². The number of hydrogen-bond acceptors (Lipinski definition) is 5. The molecular formula is C23H23FN2O5S. The van der Waals surface area contributed by atoms with Gasteiger partial charge in [-0.05, 0) is 67.6 Å². The van der Waals surface area contributed by atoms with Gasteiger partial charge in [0, 0.05) is 11.8 Å². The molecule has 0 radical (unpaired) electrons. The molecule has 0 bridgehead atoms. The van der Waals surface area contributed by atoms with Crippen LogP contribution < -0.4 is 19.1 Å². The van der Waals surface area contributed by atoms with Crippen LogP contribution in [-0.2, 0) is 14.8 Å². The molecule has 0 atom stereocenters. The van der Waals surface area contributed by atoms with E-state index in [2.05, 4.69) is 5.32 Å². The second-order valence-corrected chi connectivity index (χ2v) is 8.53. The summed E-state index contributed by atoms with van der Waals surface area (Å²) in [4.78, 5) is 12.6. The van der Waals surface area contributed by atoms with Gasteiger partial charge in [-0.25, -0.2) is 12.8 Å². The van der Waals surface area contributed by atoms with Gasteiger partial charge in [0.05, 0.1) is 24.3 Å². The van der Waals surface area contributed by atoms with E-state index in [0.717, 1.165) is 28.6 Å². The highest BCUT2D eigenvalue weighted by Crippen LogP contribution is 2.26. The summed E-state index contributed by atoms with van der Waals surface area (Å²) in [6, 6.07) is 17.5. The van der Waals surface area contributed by atoms with Crippen LogP contribution in [0.3, 0.4) is 0 Å². The average Bonchev–Trinajstić information content (AvgIpc) is 2.79. The van der Waals surface area contributed by atoms with Crippen LogP contribution in [0.5, 0.6) is 11.5 Å². The Morgan fingerprint density at radius 3 is 2.31 bits per heavy atom. The zero-order valence-corrected chi connectivity index (χ0v) is 18.4. The fourth-order valence-electron chi connectivity index (χ4n) is 2.96. The monoisotopic (exact) mass is 458 g/mol. The lowest BCUT2D eigenvalue weighted by Gasteiger charge is -2.24. The number of hydrogen-bond donors (Lipinski definition) is 1. The summed E-state index contributed by atoms with van der Waals surface area (Å²) >= 11 is 0. The highest BCUT2D eigenvalue weighted by molar-refractivity contribution is 7.92. The first-order chi connectivity index (χ1) is 15.3. The normalized spacial score (nSPS) is 11.0. The number of benzene rings is 3. The second-order valence-electron chi connectivity index (χ2n) is 6.67. The molecule has 168 valence electrons. The van der Waals surface area contributed by atoms with Gasteiger partial charge < -0.3 is 14.8 Å². The summed E-state index contributed by atoms with van der Waals surface area (Å²) < 4.78 is 51.5. The molecule has 0 aromatic heterocycles. The van der Waals surface area contributed by atoms with Gasteiger partial charge in [-0.1, -0.05) is 6.07 Å². The molecule has 0 fully saturated rings. The summed E-state index contributed by atoms with van der Waals surface area (Å²) in [7, 11) is -2.65. The van der Waals surface area contributed by atoms with Crippen LogP contribution in [0.15, 0.2) is 77.7 Å². The van der Waals surface area contributed by atoms with E-state index in [-0.39, 0.29) is 10.6 Å². The smallest absolute Gasteiger partial charge is 0.264 e. The van der Waals surface area contributed by atoms with Gasteiger partial charge in [-0.15, -0.1) is 0 Å². The number of halogens is 1. The van der Waals surface area contributed by atoms with E-state index in [1.807, 2.05) is 6.92 Å². The third-order valence-electron chi connectivity index (χ3n) is 4.48. The first-order valence-electron chi connectivity index (χ1n) is 9.78. The molecule has 9 heteroatoms. The molecule has 0 saturated heterocycles. The van der Waals surface area contributed by atoms with E-state index in [9.17, 15) is 17.6 Å². The van der Waals surface area contributed by atoms with Crippen molar-refractivity contribution in [3.05, 3.63) is 78.6 Å². The van der Waals surface area contributed by atoms with Crippen LogP contribution in [0.1, 0.15) is 6.92 Å². The molecule has 0 unspecified atom stereocenters. The number of sulfonamides is 1. The van der Waals surface area contributed by atoms with Gasteiger partial charge in [-0.3, -0.25) is 9.10 Å². The minimum Gasteiger partial charge on any atom is -0.497 e. The Kier molecular flexibility index (Phi) is 7.32. The molecule has 0 spiro atoms. The third-order valence-corrected chi connectivity index (χ3v) is 6.27. The molecule has 0 aliphatic rings. The predicted octanol–water partition coefficient (Wildman–Crippen LogP) is 4.07. The Morgan fingerprint density at radius 1 is 1.00 bits per heavy atom. The van der Waals surface area contributed by atoms with Crippen LogP contribution in [-0.4, -0.2) is 34.6 Å². The van der Waals surface area contributed by atoms with E-state index < -0.39 is 28.3 Å². The molecule has 1 amide bonds. The number of carbonyl (C=O) groups is 1. The van der Waals surface area contributed by atoms with Crippen molar-refractivity contribution in [3.8, 4) is 11.5 Å². The SMILES string of the molecule is CCOc1ccc(N(CC(=O)Nc2cccc(OC)c2)S(=O)(=O)c2ccc(F)cc2)cc1. The molecule has 0 aliphatic carbocycles. The summed E-state index contributed by atoms with van der Waals surface area (Å²) in [5, 5.41) is 2.67. The number of nitrogens with zero attached hydrogens (tertiary/aromatic N) is 1. The average molecular weight is 459 g/mol. The second kappa shape index (κ2) is 10.1. The molecule has 3 aromatic carbocycles. The van der Waals surface area contributed by atoms with Gasteiger partial charge in [0.25, 0.3) is 10.0 Å². The Bertz CT molecular complexity index is 1170. The highest BCUT2D eigenvalue weighted by Gasteiger charge is 2.27. The summed E-state index contributed by atoms with van der Waals surface area (Å²) in [6.45, 7) is 1.80. The lowest BCUT2D eigenvalue weighted by molar-refractivity contribution is -0.114. The lowest BCUT2D eigenvalue weighted by atomic mass is 10.3. The highest BCUT2D eigenvalue weighted by atomic mass is 32.2. The third kappa shape index (κ3) is 5.55. The van der Waals surface area contributed by atoms with Crippen LogP contribution in [0.25, 0.3) is 0 Å². The maximum Gasteiger partial charge on any atom is 0.264 e. The predicted molar refractivity (Wildman–Crippen MR) is 120 cm³/mol. The van der Waals surface area contributed by atoms with E-state index in [0.29, 0.717) is 23.8 Å². The van der Waals surface area contributed by atoms with Gasteiger partial charge in [-0.2, -0.15) is 0 Å². The number of carbonyl (C=O) groups excluding carboxylic acids is 1. The van der Waals surface area contributed by atoms with Crippen LogP contribution >= 0.6 is 0 Å². The van der Waals surface area contributed by atoms with Gasteiger partial charge in [0.2, 0.25) is 5.91 Å². The molecule has 3 aromatic rings. The van der Waals surface area contributed by atoms with Crippen molar-refractivity contribution in [2.45, 2.75) is 11.8 Å². The van der Waals surface area contributed by atoms with Crippen molar-refractivity contribution in [2.24, 2.45) is 0 Å². The zero-order valence-electron chi connectivity index (χ0n) is 17.6. The molecule has 0 aliphatic heterocycles. The number of anilines is 2. The summed E-state index contributed by atoms with van der Waals surface area (Å²) in [6.07, 6.45) is 0. The summed E-state index contributed by atoms with van der Waals surface area (Å²) in [5.41, 5.74) is 0.721. The minimum atomic E-state index is -4.16. The van der Waals surface area contributed by atoms with Crippen molar-refractivity contribution < 1.29 is 27.1 Å². The van der Waals surface area contributed by atoms with E-state index >= 15 is 0 Å². The lowest BCUT2D eigenvalue weighted by Crippen LogP contribution is -2.38.